The molecule has 3 aromatic heterocycles. The number of nitrogens with zero attached hydrogens (tertiary/aromatic N) is 4. The van der Waals surface area contributed by atoms with Crippen molar-refractivity contribution in [2.24, 2.45) is 0 Å². The molecule has 172 valence electrons. The van der Waals surface area contributed by atoms with Crippen molar-refractivity contribution < 1.29 is 9.47 Å². The quantitative estimate of drug-likeness (QED) is 0.565. The van der Waals surface area contributed by atoms with E-state index in [1.807, 2.05) is 4.57 Å². The zero-order valence-electron chi connectivity index (χ0n) is 19.3. The standard InChI is InChI=1S/C24H32N4O3S/c1-4-6-19-26-20-17-13-16-15-31-24(2,3)14-18(16)25-22(17)32-21(20)23(29)28(19)8-5-7-27-9-11-30-12-10-27/h13H,4-12,14-15H2,1-3H3. The molecule has 0 aliphatic carbocycles. The highest BCUT2D eigenvalue weighted by Crippen LogP contribution is 2.35. The minimum atomic E-state index is -0.204. The first-order valence-electron chi connectivity index (χ1n) is 11.7. The number of fused-ring (bicyclic) bond motifs is 4. The van der Waals surface area contributed by atoms with E-state index in [2.05, 4.69) is 31.7 Å². The van der Waals surface area contributed by atoms with Crippen LogP contribution in [0.2, 0.25) is 0 Å². The Labute approximate surface area is 192 Å². The number of hydrogen-bond donors (Lipinski definition) is 0. The smallest absolute Gasteiger partial charge is 0.271 e. The highest BCUT2D eigenvalue weighted by Gasteiger charge is 2.28. The molecule has 2 aliphatic heterocycles. The summed E-state index contributed by atoms with van der Waals surface area (Å²) in [5, 5.41) is 0.988. The number of hydrogen-bond acceptors (Lipinski definition) is 7. The number of rotatable bonds is 6. The summed E-state index contributed by atoms with van der Waals surface area (Å²) in [5.74, 6) is 0.891. The molecular weight excluding hydrogens is 424 g/mol. The van der Waals surface area contributed by atoms with E-state index in [4.69, 9.17) is 19.4 Å². The molecule has 8 heteroatoms. The summed E-state index contributed by atoms with van der Waals surface area (Å²) in [5.41, 5.74) is 2.88. The largest absolute Gasteiger partial charge is 0.379 e. The number of thiophene rings is 1. The molecule has 0 radical (unpaired) electrons. The maximum Gasteiger partial charge on any atom is 0.271 e. The molecular formula is C24H32N4O3S. The number of ether oxygens (including phenoxy) is 2. The normalized spacial score (nSPS) is 19.0. The predicted molar refractivity (Wildman–Crippen MR) is 128 cm³/mol. The molecule has 32 heavy (non-hydrogen) atoms. The van der Waals surface area contributed by atoms with Crippen LogP contribution in [0.3, 0.4) is 0 Å². The van der Waals surface area contributed by atoms with E-state index in [1.54, 1.807) is 0 Å². The average molecular weight is 457 g/mol. The van der Waals surface area contributed by atoms with Gasteiger partial charge in [0, 0.05) is 50.0 Å². The summed E-state index contributed by atoms with van der Waals surface area (Å²) in [4.78, 5) is 26.8. The molecule has 0 aromatic carbocycles. The number of aryl methyl sites for hydroxylation is 1. The lowest BCUT2D eigenvalue weighted by atomic mass is 9.95. The summed E-state index contributed by atoms with van der Waals surface area (Å²) in [6, 6.07) is 2.15. The van der Waals surface area contributed by atoms with Crippen LogP contribution in [0.25, 0.3) is 20.4 Å². The van der Waals surface area contributed by atoms with Crippen LogP contribution in [0.4, 0.5) is 0 Å². The van der Waals surface area contributed by atoms with Gasteiger partial charge in [-0.1, -0.05) is 6.92 Å². The van der Waals surface area contributed by atoms with Crippen molar-refractivity contribution in [3.8, 4) is 0 Å². The van der Waals surface area contributed by atoms with Crippen LogP contribution in [0.5, 0.6) is 0 Å². The first-order valence-corrected chi connectivity index (χ1v) is 12.6. The summed E-state index contributed by atoms with van der Waals surface area (Å²) < 4.78 is 14.1. The molecule has 1 fully saturated rings. The fraction of sp³-hybridized carbons (Fsp3) is 0.625. The van der Waals surface area contributed by atoms with Gasteiger partial charge in [0.1, 0.15) is 15.4 Å². The van der Waals surface area contributed by atoms with Crippen molar-refractivity contribution in [3.05, 3.63) is 33.5 Å². The van der Waals surface area contributed by atoms with Gasteiger partial charge in [0.05, 0.1) is 36.6 Å². The first kappa shape index (κ1) is 21.9. The second-order valence-electron chi connectivity index (χ2n) is 9.49. The van der Waals surface area contributed by atoms with Crippen molar-refractivity contribution in [2.75, 3.05) is 32.8 Å². The molecule has 0 atom stereocenters. The summed E-state index contributed by atoms with van der Waals surface area (Å²) in [7, 11) is 0. The van der Waals surface area contributed by atoms with Crippen LogP contribution in [0, 0.1) is 0 Å². The highest BCUT2D eigenvalue weighted by atomic mass is 32.1. The van der Waals surface area contributed by atoms with Gasteiger partial charge in [-0.05, 0) is 32.8 Å². The number of aromatic nitrogens is 3. The van der Waals surface area contributed by atoms with Crippen LogP contribution in [0.15, 0.2) is 10.9 Å². The van der Waals surface area contributed by atoms with Crippen LogP contribution >= 0.6 is 11.3 Å². The van der Waals surface area contributed by atoms with Crippen molar-refractivity contribution in [2.45, 2.75) is 65.2 Å². The Morgan fingerprint density at radius 3 is 2.78 bits per heavy atom. The molecule has 0 unspecified atom stereocenters. The molecule has 0 saturated carbocycles. The van der Waals surface area contributed by atoms with Crippen LogP contribution < -0.4 is 5.56 Å². The second-order valence-corrected chi connectivity index (χ2v) is 10.5. The van der Waals surface area contributed by atoms with E-state index in [0.29, 0.717) is 13.2 Å². The molecule has 0 N–H and O–H groups in total. The van der Waals surface area contributed by atoms with Gasteiger partial charge in [-0.3, -0.25) is 14.3 Å². The SMILES string of the molecule is CCCc1nc2c(sc3nc4c(cc32)COC(C)(C)C4)c(=O)n1CCCN1CCOCC1. The van der Waals surface area contributed by atoms with Crippen LogP contribution in [0.1, 0.15) is 50.7 Å². The second kappa shape index (κ2) is 8.82. The fourth-order valence-electron chi connectivity index (χ4n) is 4.70. The first-order chi connectivity index (χ1) is 15.4. The third-order valence-corrected chi connectivity index (χ3v) is 7.54. The zero-order valence-corrected chi connectivity index (χ0v) is 20.1. The van der Waals surface area contributed by atoms with Crippen molar-refractivity contribution >= 4 is 31.8 Å². The van der Waals surface area contributed by atoms with Gasteiger partial charge in [-0.25, -0.2) is 9.97 Å². The van der Waals surface area contributed by atoms with E-state index in [1.165, 1.54) is 11.3 Å². The van der Waals surface area contributed by atoms with E-state index < -0.39 is 0 Å². The zero-order chi connectivity index (χ0) is 22.3. The lowest BCUT2D eigenvalue weighted by molar-refractivity contribution is -0.0411. The Kier molecular flexibility index (Phi) is 6.05. The third-order valence-electron chi connectivity index (χ3n) is 6.46. The number of pyridine rings is 1. The molecule has 3 aromatic rings. The summed E-state index contributed by atoms with van der Waals surface area (Å²) in [6.45, 7) is 12.1. The molecule has 0 spiro atoms. The van der Waals surface area contributed by atoms with Crippen molar-refractivity contribution in [1.82, 2.24) is 19.4 Å². The van der Waals surface area contributed by atoms with Gasteiger partial charge in [0.25, 0.3) is 5.56 Å². The fourth-order valence-corrected chi connectivity index (χ4v) is 5.77. The van der Waals surface area contributed by atoms with E-state index >= 15 is 0 Å². The predicted octanol–water partition coefficient (Wildman–Crippen LogP) is 3.53. The molecule has 2 aliphatic rings. The van der Waals surface area contributed by atoms with Crippen molar-refractivity contribution in [3.63, 3.8) is 0 Å². The lowest BCUT2D eigenvalue weighted by Crippen LogP contribution is -2.37. The van der Waals surface area contributed by atoms with Gasteiger partial charge in [0.2, 0.25) is 0 Å². The molecule has 7 nitrogen and oxygen atoms in total. The van der Waals surface area contributed by atoms with Gasteiger partial charge in [-0.2, -0.15) is 0 Å². The topological polar surface area (TPSA) is 69.5 Å². The van der Waals surface area contributed by atoms with E-state index in [0.717, 1.165) is 96.0 Å². The van der Waals surface area contributed by atoms with E-state index in [9.17, 15) is 4.79 Å². The molecule has 1 saturated heterocycles. The van der Waals surface area contributed by atoms with E-state index in [-0.39, 0.29) is 11.2 Å². The Morgan fingerprint density at radius 2 is 2.00 bits per heavy atom. The number of morpholine rings is 1. The minimum Gasteiger partial charge on any atom is -0.379 e. The van der Waals surface area contributed by atoms with Crippen LogP contribution in [-0.2, 0) is 35.5 Å². The summed E-state index contributed by atoms with van der Waals surface area (Å²) in [6.07, 6.45) is 3.48. The molecule has 0 amide bonds. The molecule has 0 bridgehead atoms. The molecule has 5 rings (SSSR count). The highest BCUT2D eigenvalue weighted by molar-refractivity contribution is 7.25. The maximum absolute atomic E-state index is 13.5. The van der Waals surface area contributed by atoms with Gasteiger partial charge < -0.3 is 9.47 Å². The van der Waals surface area contributed by atoms with Gasteiger partial charge in [0.15, 0.2) is 0 Å². The monoisotopic (exact) mass is 456 g/mol. The Hall–Kier alpha value is -1.87. The molecule has 5 heterocycles. The lowest BCUT2D eigenvalue weighted by Gasteiger charge is -2.30. The average Bonchev–Trinajstić information content (AvgIpc) is 3.12. The Bertz CT molecular complexity index is 1190. The van der Waals surface area contributed by atoms with Gasteiger partial charge >= 0.3 is 0 Å². The van der Waals surface area contributed by atoms with Gasteiger partial charge in [-0.15, -0.1) is 11.3 Å². The Morgan fingerprint density at radius 1 is 1.19 bits per heavy atom. The summed E-state index contributed by atoms with van der Waals surface area (Å²) >= 11 is 1.49. The van der Waals surface area contributed by atoms with Crippen molar-refractivity contribution in [1.29, 1.82) is 0 Å². The third kappa shape index (κ3) is 4.21. The maximum atomic E-state index is 13.5. The minimum absolute atomic E-state index is 0.0815. The Balaban J connectivity index is 1.51. The van der Waals surface area contributed by atoms with Crippen LogP contribution in [-0.4, -0.2) is 57.9 Å².